The third kappa shape index (κ3) is 3.86. The minimum atomic E-state index is -0.898. The van der Waals surface area contributed by atoms with Gasteiger partial charge in [0.15, 0.2) is 0 Å². The van der Waals surface area contributed by atoms with Crippen molar-refractivity contribution in [1.82, 2.24) is 0 Å². The quantitative estimate of drug-likeness (QED) is 0.501. The first-order valence-electron chi connectivity index (χ1n) is 5.22. The average molecular weight is 304 g/mol. The van der Waals surface area contributed by atoms with Crippen molar-refractivity contribution in [2.24, 2.45) is 0 Å². The molecule has 2 N–H and O–H groups in total. The molecule has 0 amide bonds. The number of hydrogen-bond acceptors (Lipinski definition) is 6. The minimum absolute atomic E-state index is 0.160. The van der Waals surface area contributed by atoms with Gasteiger partial charge in [-0.1, -0.05) is 11.6 Å². The topological polar surface area (TPSA) is 84.9 Å². The molecule has 0 spiro atoms. The van der Waals surface area contributed by atoms with Gasteiger partial charge in [-0.15, -0.1) is 0 Å². The fraction of sp³-hybridized carbons (Fsp3) is 0.167. The van der Waals surface area contributed by atoms with Gasteiger partial charge in [0.2, 0.25) is 0 Å². The number of rotatable bonds is 4. The van der Waals surface area contributed by atoms with Crippen LogP contribution in [0, 0.1) is 5.82 Å². The molecule has 0 bridgehead atoms. The van der Waals surface area contributed by atoms with E-state index in [0.717, 1.165) is 32.4 Å². The number of ether oxygens (including phenoxy) is 2. The van der Waals surface area contributed by atoms with Crippen LogP contribution >= 0.6 is 11.6 Å². The van der Waals surface area contributed by atoms with Crippen LogP contribution in [0.4, 0.5) is 10.1 Å². The van der Waals surface area contributed by atoms with E-state index in [1.165, 1.54) is 0 Å². The van der Waals surface area contributed by atoms with Gasteiger partial charge >= 0.3 is 11.9 Å². The third-order valence-corrected chi connectivity index (χ3v) is 2.47. The number of carbonyl (C=O) groups excluding carboxylic acids is 2. The number of halogens is 2. The van der Waals surface area contributed by atoms with Crippen molar-refractivity contribution >= 4 is 29.2 Å². The lowest BCUT2D eigenvalue weighted by Gasteiger charge is -2.11. The zero-order valence-electron chi connectivity index (χ0n) is 10.6. The smallest absolute Gasteiger partial charge is 0.354 e. The Morgan fingerprint density at radius 1 is 1.35 bits per heavy atom. The highest BCUT2D eigenvalue weighted by Crippen LogP contribution is 2.30. The summed E-state index contributed by atoms with van der Waals surface area (Å²) in [6.07, 6.45) is 0.803. The number of aromatic hydroxyl groups is 1. The van der Waals surface area contributed by atoms with Gasteiger partial charge in [0, 0.05) is 12.1 Å². The molecule has 6 nitrogen and oxygen atoms in total. The first kappa shape index (κ1) is 15.8. The summed E-state index contributed by atoms with van der Waals surface area (Å²) in [5.41, 5.74) is -0.496. The zero-order valence-corrected chi connectivity index (χ0v) is 11.3. The Morgan fingerprint density at radius 2 is 2.00 bits per heavy atom. The van der Waals surface area contributed by atoms with Crippen molar-refractivity contribution in [3.63, 3.8) is 0 Å². The monoisotopic (exact) mass is 303 g/mol. The standard InChI is InChI=1S/C12H11ClFNO5/c1-19-11(17)5-9(12(18)20-2)15-8-4-7(14)6(13)3-10(8)16/h3-5,15-16H,1-2H3/b9-5+. The number of nitrogens with one attached hydrogen (secondary N) is 1. The van der Waals surface area contributed by atoms with Crippen molar-refractivity contribution < 1.29 is 28.6 Å². The maximum atomic E-state index is 13.3. The zero-order chi connectivity index (χ0) is 15.3. The van der Waals surface area contributed by atoms with Crippen LogP contribution in [0.1, 0.15) is 0 Å². The van der Waals surface area contributed by atoms with Gasteiger partial charge in [-0.2, -0.15) is 0 Å². The van der Waals surface area contributed by atoms with Crippen LogP contribution in [0.3, 0.4) is 0 Å². The van der Waals surface area contributed by atoms with E-state index < -0.39 is 23.5 Å². The maximum absolute atomic E-state index is 13.3. The summed E-state index contributed by atoms with van der Waals surface area (Å²) in [7, 11) is 2.21. The van der Waals surface area contributed by atoms with E-state index in [-0.39, 0.29) is 16.4 Å². The Bertz CT molecular complexity index is 573. The predicted octanol–water partition coefficient (Wildman–Crippen LogP) is 1.83. The molecular weight excluding hydrogens is 293 g/mol. The molecule has 1 aromatic rings. The van der Waals surface area contributed by atoms with Crippen LogP contribution in [0.2, 0.25) is 5.02 Å². The second kappa shape index (κ2) is 6.76. The third-order valence-electron chi connectivity index (χ3n) is 2.18. The van der Waals surface area contributed by atoms with Crippen LogP contribution < -0.4 is 5.32 Å². The largest absolute Gasteiger partial charge is 0.506 e. The van der Waals surface area contributed by atoms with Gasteiger partial charge in [-0.05, 0) is 0 Å². The van der Waals surface area contributed by atoms with Gasteiger partial charge in [0.05, 0.1) is 31.0 Å². The molecule has 0 aliphatic heterocycles. The number of anilines is 1. The Balaban J connectivity index is 3.14. The number of phenols is 1. The van der Waals surface area contributed by atoms with Crippen molar-refractivity contribution in [2.45, 2.75) is 0 Å². The van der Waals surface area contributed by atoms with Gasteiger partial charge in [0.25, 0.3) is 0 Å². The van der Waals surface area contributed by atoms with E-state index in [9.17, 15) is 19.1 Å². The molecule has 0 radical (unpaired) electrons. The lowest BCUT2D eigenvalue weighted by atomic mass is 10.2. The Hall–Kier alpha value is -2.28. The summed E-state index contributed by atoms with van der Waals surface area (Å²) < 4.78 is 22.1. The molecule has 0 atom stereocenters. The van der Waals surface area contributed by atoms with Crippen molar-refractivity contribution in [3.8, 4) is 5.75 Å². The van der Waals surface area contributed by atoms with Gasteiger partial charge in [0.1, 0.15) is 17.3 Å². The summed E-state index contributed by atoms with van der Waals surface area (Å²) >= 11 is 5.48. The molecule has 1 rings (SSSR count). The van der Waals surface area contributed by atoms with Gasteiger partial charge in [-0.25, -0.2) is 14.0 Å². The second-order valence-electron chi connectivity index (χ2n) is 3.48. The molecule has 0 aliphatic rings. The summed E-state index contributed by atoms with van der Waals surface area (Å²) in [4.78, 5) is 22.6. The summed E-state index contributed by atoms with van der Waals surface area (Å²) in [5, 5.41) is 11.7. The fourth-order valence-electron chi connectivity index (χ4n) is 1.21. The van der Waals surface area contributed by atoms with Gasteiger partial charge in [-0.3, -0.25) is 0 Å². The van der Waals surface area contributed by atoms with E-state index in [0.29, 0.717) is 0 Å². The maximum Gasteiger partial charge on any atom is 0.354 e. The molecular formula is C12H11ClFNO5. The first-order chi connectivity index (χ1) is 9.38. The molecule has 0 unspecified atom stereocenters. The average Bonchev–Trinajstić information content (AvgIpc) is 2.42. The molecule has 108 valence electrons. The molecule has 0 saturated heterocycles. The Kier molecular flexibility index (Phi) is 5.33. The molecule has 20 heavy (non-hydrogen) atoms. The minimum Gasteiger partial charge on any atom is -0.506 e. The molecule has 0 fully saturated rings. The highest BCUT2D eigenvalue weighted by Gasteiger charge is 2.16. The molecule has 1 aromatic carbocycles. The number of methoxy groups -OCH3 is 2. The summed E-state index contributed by atoms with van der Waals surface area (Å²) in [6, 6.07) is 1.82. The first-order valence-corrected chi connectivity index (χ1v) is 5.59. The highest BCUT2D eigenvalue weighted by atomic mass is 35.5. The van der Waals surface area contributed by atoms with Crippen molar-refractivity contribution in [2.75, 3.05) is 19.5 Å². The SMILES string of the molecule is COC(=O)/C=C(/Nc1cc(F)c(Cl)cc1O)C(=O)OC. The molecule has 8 heteroatoms. The van der Waals surface area contributed by atoms with Crippen molar-refractivity contribution in [1.29, 1.82) is 0 Å². The van der Waals surface area contributed by atoms with Crippen LogP contribution in [-0.4, -0.2) is 31.3 Å². The highest BCUT2D eigenvalue weighted by molar-refractivity contribution is 6.31. The van der Waals surface area contributed by atoms with Crippen LogP contribution in [0.15, 0.2) is 23.9 Å². The van der Waals surface area contributed by atoms with E-state index in [1.54, 1.807) is 0 Å². The predicted molar refractivity (Wildman–Crippen MR) is 68.8 cm³/mol. The van der Waals surface area contributed by atoms with E-state index in [4.69, 9.17) is 11.6 Å². The number of benzene rings is 1. The Labute approximate surface area is 118 Å². The number of hydrogen-bond donors (Lipinski definition) is 2. The summed E-state index contributed by atoms with van der Waals surface area (Å²) in [5.74, 6) is -2.94. The molecule has 0 saturated carbocycles. The Morgan fingerprint density at radius 3 is 2.55 bits per heavy atom. The normalized spacial score (nSPS) is 10.9. The fourth-order valence-corrected chi connectivity index (χ4v) is 1.37. The number of carbonyl (C=O) groups is 2. The molecule has 0 aromatic heterocycles. The summed E-state index contributed by atoms with van der Waals surface area (Å²) in [6.45, 7) is 0. The van der Waals surface area contributed by atoms with Crippen molar-refractivity contribution in [3.05, 3.63) is 34.7 Å². The molecule has 0 aliphatic carbocycles. The number of esters is 2. The lowest BCUT2D eigenvalue weighted by molar-refractivity contribution is -0.138. The van der Waals surface area contributed by atoms with Crippen LogP contribution in [0.25, 0.3) is 0 Å². The van der Waals surface area contributed by atoms with E-state index in [2.05, 4.69) is 14.8 Å². The second-order valence-corrected chi connectivity index (χ2v) is 3.89. The van der Waals surface area contributed by atoms with Crippen LogP contribution in [-0.2, 0) is 19.1 Å². The van der Waals surface area contributed by atoms with E-state index in [1.807, 2.05) is 0 Å². The van der Waals surface area contributed by atoms with Gasteiger partial charge < -0.3 is 19.9 Å². The molecule has 0 heterocycles. The lowest BCUT2D eigenvalue weighted by Crippen LogP contribution is -2.15. The van der Waals surface area contributed by atoms with E-state index >= 15 is 0 Å². The number of phenolic OH excluding ortho intramolecular Hbond substituents is 1. The van der Waals surface area contributed by atoms with Crippen LogP contribution in [0.5, 0.6) is 5.75 Å².